The van der Waals surface area contributed by atoms with E-state index in [-0.39, 0.29) is 24.0 Å². The topological polar surface area (TPSA) is 65.7 Å². The molecule has 0 aliphatic carbocycles. The number of rotatable bonds is 7. The molecule has 3 rings (SSSR count). The minimum Gasteiger partial charge on any atom is -0.444 e. The van der Waals surface area contributed by atoms with Crippen LogP contribution in [0.5, 0.6) is 0 Å². The number of likely N-dealkylation sites (tertiary alicyclic amines) is 1. The number of aliphatic imine (C=N–C) groups is 1. The van der Waals surface area contributed by atoms with E-state index in [1.807, 2.05) is 30.3 Å². The van der Waals surface area contributed by atoms with Gasteiger partial charge in [0.25, 0.3) is 0 Å². The average Bonchev–Trinajstić information content (AvgIpc) is 3.20. The van der Waals surface area contributed by atoms with Crippen molar-refractivity contribution in [3.63, 3.8) is 0 Å². The van der Waals surface area contributed by atoms with Crippen molar-refractivity contribution in [1.82, 2.24) is 20.5 Å². The van der Waals surface area contributed by atoms with Crippen LogP contribution in [0.15, 0.2) is 46.0 Å². The van der Waals surface area contributed by atoms with Crippen LogP contribution in [0.3, 0.4) is 0 Å². The number of oxazole rings is 1. The molecule has 2 heterocycles. The van der Waals surface area contributed by atoms with Gasteiger partial charge in [0.1, 0.15) is 12.0 Å². The number of hydrogen-bond acceptors (Lipinski definition) is 4. The van der Waals surface area contributed by atoms with E-state index in [9.17, 15) is 0 Å². The van der Waals surface area contributed by atoms with Gasteiger partial charge >= 0.3 is 0 Å². The van der Waals surface area contributed by atoms with Crippen molar-refractivity contribution in [2.75, 3.05) is 26.2 Å². The molecule has 0 saturated carbocycles. The zero-order valence-corrected chi connectivity index (χ0v) is 20.1. The van der Waals surface area contributed by atoms with Gasteiger partial charge in [0, 0.05) is 24.7 Å². The summed E-state index contributed by atoms with van der Waals surface area (Å²) in [5.41, 5.74) is 1.81. The maximum Gasteiger partial charge on any atom is 0.226 e. The van der Waals surface area contributed by atoms with Gasteiger partial charge in [-0.05, 0) is 57.8 Å². The lowest BCUT2D eigenvalue weighted by Crippen LogP contribution is -2.48. The number of nitrogens with one attached hydrogen (secondary N) is 2. The molecule has 6 nitrogen and oxygen atoms in total. The van der Waals surface area contributed by atoms with Crippen LogP contribution in [0.4, 0.5) is 0 Å². The Morgan fingerprint density at radius 2 is 1.97 bits per heavy atom. The Kier molecular flexibility index (Phi) is 9.93. The summed E-state index contributed by atoms with van der Waals surface area (Å²) < 4.78 is 5.60. The van der Waals surface area contributed by atoms with E-state index in [4.69, 9.17) is 4.42 Å². The first kappa shape index (κ1) is 23.7. The summed E-state index contributed by atoms with van der Waals surface area (Å²) in [6, 6.07) is 10.4. The van der Waals surface area contributed by atoms with Crippen LogP contribution in [-0.4, -0.2) is 48.1 Å². The molecule has 7 heteroatoms. The van der Waals surface area contributed by atoms with Crippen molar-refractivity contribution >= 4 is 29.9 Å². The second-order valence-corrected chi connectivity index (χ2v) is 7.65. The number of piperidine rings is 1. The fraction of sp³-hybridized carbons (Fsp3) is 0.545. The van der Waals surface area contributed by atoms with E-state index in [2.05, 4.69) is 46.3 Å². The Bertz CT molecular complexity index is 741. The lowest BCUT2D eigenvalue weighted by Gasteiger charge is -2.35. The van der Waals surface area contributed by atoms with Gasteiger partial charge in [-0.15, -0.1) is 24.0 Å². The fourth-order valence-corrected chi connectivity index (χ4v) is 3.44. The van der Waals surface area contributed by atoms with E-state index in [1.54, 1.807) is 6.26 Å². The Hall–Kier alpha value is -1.61. The van der Waals surface area contributed by atoms with E-state index < -0.39 is 0 Å². The lowest BCUT2D eigenvalue weighted by atomic mass is 9.98. The van der Waals surface area contributed by atoms with Crippen molar-refractivity contribution in [1.29, 1.82) is 0 Å². The fourth-order valence-electron chi connectivity index (χ4n) is 3.44. The van der Waals surface area contributed by atoms with Gasteiger partial charge in [0.15, 0.2) is 5.96 Å². The van der Waals surface area contributed by atoms with Crippen LogP contribution in [0.25, 0.3) is 11.5 Å². The Balaban J connectivity index is 0.00000300. The average molecular weight is 511 g/mol. The van der Waals surface area contributed by atoms with Gasteiger partial charge in [-0.3, -0.25) is 4.90 Å². The molecule has 29 heavy (non-hydrogen) atoms. The van der Waals surface area contributed by atoms with Crippen LogP contribution in [0.2, 0.25) is 0 Å². The molecule has 0 spiro atoms. The molecule has 0 radical (unpaired) electrons. The van der Waals surface area contributed by atoms with Crippen LogP contribution in [0, 0.1) is 5.92 Å². The van der Waals surface area contributed by atoms with Gasteiger partial charge < -0.3 is 15.1 Å². The van der Waals surface area contributed by atoms with Gasteiger partial charge in [0.05, 0.1) is 6.54 Å². The molecule has 2 N–H and O–H groups in total. The van der Waals surface area contributed by atoms with E-state index in [0.29, 0.717) is 18.5 Å². The smallest absolute Gasteiger partial charge is 0.226 e. The highest BCUT2D eigenvalue weighted by atomic mass is 127. The van der Waals surface area contributed by atoms with Crippen molar-refractivity contribution in [3.8, 4) is 11.5 Å². The monoisotopic (exact) mass is 511 g/mol. The Morgan fingerprint density at radius 1 is 1.24 bits per heavy atom. The molecular weight excluding hydrogens is 477 g/mol. The number of halogens is 1. The predicted molar refractivity (Wildman–Crippen MR) is 130 cm³/mol. The normalized spacial score (nSPS) is 16.9. The number of nitrogens with zero attached hydrogens (tertiary/aromatic N) is 3. The predicted octanol–water partition coefficient (Wildman–Crippen LogP) is 4.14. The minimum absolute atomic E-state index is 0. The molecule has 1 saturated heterocycles. The van der Waals surface area contributed by atoms with Gasteiger partial charge in [-0.25, -0.2) is 9.98 Å². The highest BCUT2D eigenvalue weighted by molar-refractivity contribution is 14.0. The first-order chi connectivity index (χ1) is 13.7. The summed E-state index contributed by atoms with van der Waals surface area (Å²) in [5, 5.41) is 6.80. The summed E-state index contributed by atoms with van der Waals surface area (Å²) in [4.78, 5) is 11.8. The molecular formula is C22H34IN5O. The molecule has 1 aliphatic rings. The quantitative estimate of drug-likeness (QED) is 0.333. The summed E-state index contributed by atoms with van der Waals surface area (Å²) in [6.45, 7) is 11.3. The van der Waals surface area contributed by atoms with E-state index in [0.717, 1.165) is 36.2 Å². The van der Waals surface area contributed by atoms with E-state index in [1.165, 1.54) is 25.9 Å². The first-order valence-electron chi connectivity index (χ1n) is 10.4. The molecule has 1 atom stereocenters. The summed E-state index contributed by atoms with van der Waals surface area (Å²) >= 11 is 0. The maximum atomic E-state index is 5.60. The highest BCUT2D eigenvalue weighted by Gasteiger charge is 2.20. The van der Waals surface area contributed by atoms with Crippen molar-refractivity contribution in [3.05, 3.63) is 42.3 Å². The lowest BCUT2D eigenvalue weighted by molar-refractivity contribution is 0.147. The molecule has 1 aliphatic heterocycles. The largest absolute Gasteiger partial charge is 0.444 e. The third-order valence-electron chi connectivity index (χ3n) is 5.32. The maximum absolute atomic E-state index is 5.60. The van der Waals surface area contributed by atoms with Gasteiger partial charge in [-0.1, -0.05) is 25.1 Å². The van der Waals surface area contributed by atoms with Gasteiger partial charge in [0.2, 0.25) is 5.89 Å². The van der Waals surface area contributed by atoms with Gasteiger partial charge in [-0.2, -0.15) is 0 Å². The summed E-state index contributed by atoms with van der Waals surface area (Å²) in [5.74, 6) is 2.32. The van der Waals surface area contributed by atoms with E-state index >= 15 is 0 Å². The first-order valence-corrected chi connectivity index (χ1v) is 10.4. The minimum atomic E-state index is 0. The Labute approximate surface area is 191 Å². The highest BCUT2D eigenvalue weighted by Crippen LogP contribution is 2.19. The number of benzene rings is 1. The molecule has 1 fully saturated rings. The zero-order chi connectivity index (χ0) is 19.8. The zero-order valence-electron chi connectivity index (χ0n) is 17.7. The van der Waals surface area contributed by atoms with Crippen molar-refractivity contribution in [2.24, 2.45) is 10.9 Å². The van der Waals surface area contributed by atoms with Crippen molar-refractivity contribution < 1.29 is 4.42 Å². The van der Waals surface area contributed by atoms with Crippen LogP contribution in [-0.2, 0) is 6.54 Å². The third kappa shape index (κ3) is 7.29. The second-order valence-electron chi connectivity index (χ2n) is 7.65. The third-order valence-corrected chi connectivity index (χ3v) is 5.32. The molecule has 160 valence electrons. The Morgan fingerprint density at radius 3 is 2.66 bits per heavy atom. The van der Waals surface area contributed by atoms with Crippen LogP contribution >= 0.6 is 24.0 Å². The number of aromatic nitrogens is 1. The molecule has 0 bridgehead atoms. The number of guanidine groups is 1. The molecule has 1 aromatic carbocycles. The summed E-state index contributed by atoms with van der Waals surface area (Å²) in [7, 11) is 0. The molecule has 1 unspecified atom stereocenters. The van der Waals surface area contributed by atoms with Crippen molar-refractivity contribution in [2.45, 2.75) is 46.2 Å². The standard InChI is InChI=1S/C22H33N5O.HI/c1-4-23-22(24-14-18(3)27-12-10-17(2)11-13-27)25-15-20-16-28-21(26-20)19-8-6-5-7-9-19;/h5-9,16-18H,4,10-15H2,1-3H3,(H2,23,24,25);1H. The van der Waals surface area contributed by atoms with Crippen LogP contribution < -0.4 is 10.6 Å². The number of hydrogen-bond donors (Lipinski definition) is 2. The molecule has 2 aromatic rings. The SMILES string of the molecule is CCNC(=NCc1coc(-c2ccccc2)n1)NCC(C)N1CCC(C)CC1.I. The second kappa shape index (κ2) is 12.2. The molecule has 1 aromatic heterocycles. The van der Waals surface area contributed by atoms with Crippen LogP contribution in [0.1, 0.15) is 39.3 Å². The molecule has 0 amide bonds. The summed E-state index contributed by atoms with van der Waals surface area (Å²) in [6.07, 6.45) is 4.29.